The standard InChI is InChI=1S/C72H48N2O/c1-2-18-53-45-54(38-37-47(53)15-1)50-35-33-48(34-36-50)49-39-41-56(42-40-49)73(68-44-43-62(61-28-12-19-51-16-3-5-23-58(51)61)72-71(68)64-26-8-10-32-69(64)75-72)57-22-11-21-55(46-57)60-27-14-31-67-70(60)63-25-7-9-29-66(63)74(67)65-30-13-20-52-17-4-6-24-59(52)65/h1-41,43-46,56H,42H2. The number of aromatic nitrogens is 1. The Balaban J connectivity index is 0.887. The highest BCUT2D eigenvalue weighted by atomic mass is 16.3. The maximum absolute atomic E-state index is 7.03. The van der Waals surface area contributed by atoms with Crippen LogP contribution in [0.2, 0.25) is 0 Å². The van der Waals surface area contributed by atoms with Gasteiger partial charge in [-0.15, -0.1) is 0 Å². The van der Waals surface area contributed by atoms with Crippen molar-refractivity contribution in [2.75, 3.05) is 4.90 Å². The van der Waals surface area contributed by atoms with Gasteiger partial charge in [0, 0.05) is 32.8 Å². The molecule has 0 saturated carbocycles. The van der Waals surface area contributed by atoms with Gasteiger partial charge in [0.25, 0.3) is 0 Å². The largest absolute Gasteiger partial charge is 0.455 e. The molecule has 1 atom stereocenters. The molecule has 0 N–H and O–H groups in total. The van der Waals surface area contributed by atoms with Crippen LogP contribution in [0.1, 0.15) is 12.0 Å². The summed E-state index contributed by atoms with van der Waals surface area (Å²) in [6.07, 6.45) is 7.96. The molecule has 3 nitrogen and oxygen atoms in total. The van der Waals surface area contributed by atoms with E-state index in [0.717, 1.165) is 56.4 Å². The summed E-state index contributed by atoms with van der Waals surface area (Å²) in [6, 6.07) is 93.0. The van der Waals surface area contributed by atoms with Crippen LogP contribution in [-0.4, -0.2) is 10.6 Å². The van der Waals surface area contributed by atoms with Gasteiger partial charge in [0.2, 0.25) is 0 Å². The SMILES string of the molecule is C1=CC(N(c2cccc(-c3cccc4c3c3ccccc3n4-c3cccc4ccccc34)c2)c2ccc(-c3cccc4ccccc34)c3oc4ccccc4c23)CC=C1c1ccc(-c2ccc3ccccc3c2)cc1. The Morgan fingerprint density at radius 1 is 0.400 bits per heavy atom. The number of nitrogens with zero attached hydrogens (tertiary/aromatic N) is 2. The summed E-state index contributed by atoms with van der Waals surface area (Å²) in [5.74, 6) is 0. The lowest BCUT2D eigenvalue weighted by molar-refractivity contribution is 0.670. The predicted octanol–water partition coefficient (Wildman–Crippen LogP) is 19.7. The Morgan fingerprint density at radius 2 is 1.04 bits per heavy atom. The lowest BCUT2D eigenvalue weighted by Crippen LogP contribution is -2.30. The molecular formula is C72H48N2O. The van der Waals surface area contributed by atoms with Gasteiger partial charge in [-0.1, -0.05) is 218 Å². The van der Waals surface area contributed by atoms with Crippen molar-refractivity contribution in [2.24, 2.45) is 0 Å². The molecule has 0 bridgehead atoms. The third-order valence-electron chi connectivity index (χ3n) is 15.7. The normalized spacial score (nSPS) is 13.7. The zero-order chi connectivity index (χ0) is 49.4. The second-order valence-corrected chi connectivity index (χ2v) is 19.9. The van der Waals surface area contributed by atoms with Gasteiger partial charge in [0.1, 0.15) is 11.2 Å². The lowest BCUT2D eigenvalue weighted by Gasteiger charge is -2.34. The second kappa shape index (κ2) is 17.5. The van der Waals surface area contributed by atoms with Crippen LogP contribution in [0.25, 0.3) is 121 Å². The molecular weight excluding hydrogens is 909 g/mol. The first-order valence-corrected chi connectivity index (χ1v) is 26.0. The third kappa shape index (κ3) is 7.11. The number of hydrogen-bond donors (Lipinski definition) is 0. The Labute approximate surface area is 434 Å². The first-order chi connectivity index (χ1) is 37.2. The van der Waals surface area contributed by atoms with E-state index >= 15 is 0 Å². The highest BCUT2D eigenvalue weighted by Gasteiger charge is 2.27. The second-order valence-electron chi connectivity index (χ2n) is 19.9. The summed E-state index contributed by atoms with van der Waals surface area (Å²) >= 11 is 0. The maximum Gasteiger partial charge on any atom is 0.145 e. The van der Waals surface area contributed by atoms with Crippen molar-refractivity contribution < 1.29 is 4.42 Å². The van der Waals surface area contributed by atoms with Gasteiger partial charge in [-0.25, -0.2) is 0 Å². The highest BCUT2D eigenvalue weighted by molar-refractivity contribution is 6.19. The monoisotopic (exact) mass is 956 g/mol. The number of furan rings is 1. The van der Waals surface area contributed by atoms with E-state index < -0.39 is 0 Å². The molecule has 2 aromatic heterocycles. The maximum atomic E-state index is 7.03. The fourth-order valence-corrected chi connectivity index (χ4v) is 12.2. The molecule has 0 saturated heterocycles. The van der Waals surface area contributed by atoms with Gasteiger partial charge in [0.15, 0.2) is 0 Å². The van der Waals surface area contributed by atoms with Crippen LogP contribution in [0.15, 0.2) is 277 Å². The lowest BCUT2D eigenvalue weighted by atomic mass is 9.92. The average Bonchev–Trinajstić information content (AvgIpc) is 4.10. The van der Waals surface area contributed by atoms with Crippen LogP contribution in [0, 0.1) is 0 Å². The summed E-state index contributed by atoms with van der Waals surface area (Å²) in [7, 11) is 0. The summed E-state index contributed by atoms with van der Waals surface area (Å²) in [5, 5.41) is 12.0. The fourth-order valence-electron chi connectivity index (χ4n) is 12.2. The molecule has 3 heteroatoms. The Bertz CT molecular complexity index is 4630. The quantitative estimate of drug-likeness (QED) is 0.151. The number of benzene rings is 12. The number of rotatable bonds is 8. The molecule has 352 valence electrons. The summed E-state index contributed by atoms with van der Waals surface area (Å²) in [4.78, 5) is 2.56. The number of allylic oxidation sites excluding steroid dienone is 2. The van der Waals surface area contributed by atoms with Crippen molar-refractivity contribution in [2.45, 2.75) is 12.5 Å². The molecule has 1 unspecified atom stereocenters. The van der Waals surface area contributed by atoms with Gasteiger partial charge in [-0.05, 0) is 127 Å². The Morgan fingerprint density at radius 3 is 1.88 bits per heavy atom. The minimum absolute atomic E-state index is 0.00907. The van der Waals surface area contributed by atoms with E-state index in [1.54, 1.807) is 0 Å². The van der Waals surface area contributed by atoms with Crippen molar-refractivity contribution in [3.63, 3.8) is 0 Å². The zero-order valence-corrected chi connectivity index (χ0v) is 41.1. The van der Waals surface area contributed by atoms with E-state index in [2.05, 4.69) is 282 Å². The summed E-state index contributed by atoms with van der Waals surface area (Å²) < 4.78 is 9.48. The molecule has 12 aromatic carbocycles. The van der Waals surface area contributed by atoms with Crippen molar-refractivity contribution in [3.05, 3.63) is 279 Å². The van der Waals surface area contributed by atoms with E-state index in [0.29, 0.717) is 0 Å². The summed E-state index contributed by atoms with van der Waals surface area (Å²) in [5.41, 5.74) is 17.0. The number of hydrogen-bond acceptors (Lipinski definition) is 2. The van der Waals surface area contributed by atoms with Gasteiger partial charge >= 0.3 is 0 Å². The van der Waals surface area contributed by atoms with Gasteiger partial charge in [-0.2, -0.15) is 0 Å². The topological polar surface area (TPSA) is 21.3 Å². The minimum atomic E-state index is -0.00907. The molecule has 0 amide bonds. The smallest absolute Gasteiger partial charge is 0.145 e. The fraction of sp³-hybridized carbons (Fsp3) is 0.0278. The molecule has 0 radical (unpaired) electrons. The Hall–Kier alpha value is -9.70. The van der Waals surface area contributed by atoms with E-state index in [-0.39, 0.29) is 6.04 Å². The van der Waals surface area contributed by atoms with Crippen molar-refractivity contribution in [1.82, 2.24) is 4.57 Å². The van der Waals surface area contributed by atoms with E-state index in [1.807, 2.05) is 0 Å². The van der Waals surface area contributed by atoms with Crippen LogP contribution in [0.3, 0.4) is 0 Å². The average molecular weight is 957 g/mol. The molecule has 0 spiro atoms. The van der Waals surface area contributed by atoms with Gasteiger partial charge in [-0.3, -0.25) is 0 Å². The van der Waals surface area contributed by atoms with Crippen LogP contribution < -0.4 is 4.90 Å². The van der Waals surface area contributed by atoms with Gasteiger partial charge < -0.3 is 13.9 Å². The predicted molar refractivity (Wildman–Crippen MR) is 317 cm³/mol. The molecule has 0 aliphatic heterocycles. The van der Waals surface area contributed by atoms with E-state index in [4.69, 9.17) is 4.42 Å². The van der Waals surface area contributed by atoms with Crippen LogP contribution in [0.4, 0.5) is 11.4 Å². The number of fused-ring (bicyclic) bond motifs is 9. The van der Waals surface area contributed by atoms with Crippen molar-refractivity contribution in [1.29, 1.82) is 0 Å². The van der Waals surface area contributed by atoms with Crippen LogP contribution in [0.5, 0.6) is 0 Å². The van der Waals surface area contributed by atoms with Gasteiger partial charge in [0.05, 0.1) is 33.8 Å². The van der Waals surface area contributed by atoms with Crippen LogP contribution in [-0.2, 0) is 0 Å². The van der Waals surface area contributed by atoms with E-state index in [9.17, 15) is 0 Å². The third-order valence-corrected chi connectivity index (χ3v) is 15.7. The molecule has 15 rings (SSSR count). The van der Waals surface area contributed by atoms with Crippen LogP contribution >= 0.6 is 0 Å². The van der Waals surface area contributed by atoms with Crippen molar-refractivity contribution in [3.8, 4) is 39.1 Å². The molecule has 1 aliphatic carbocycles. The number of para-hydroxylation sites is 2. The Kier molecular flexibility index (Phi) is 10.0. The number of anilines is 2. The van der Waals surface area contributed by atoms with E-state index in [1.165, 1.54) is 87.6 Å². The molecule has 75 heavy (non-hydrogen) atoms. The summed E-state index contributed by atoms with van der Waals surface area (Å²) in [6.45, 7) is 0. The molecule has 2 heterocycles. The zero-order valence-electron chi connectivity index (χ0n) is 41.1. The molecule has 1 aliphatic rings. The first-order valence-electron chi connectivity index (χ1n) is 26.0. The molecule has 0 fully saturated rings. The first kappa shape index (κ1) is 42.9. The highest BCUT2D eigenvalue weighted by Crippen LogP contribution is 2.48. The minimum Gasteiger partial charge on any atom is -0.455 e. The molecule has 14 aromatic rings. The van der Waals surface area contributed by atoms with Crippen molar-refractivity contribution >= 4 is 93.0 Å².